The minimum Gasteiger partial charge on any atom is -0.369 e. The quantitative estimate of drug-likeness (QED) is 0.560. The minimum atomic E-state index is 0.0894. The van der Waals surface area contributed by atoms with Crippen LogP contribution in [0.3, 0.4) is 0 Å². The molecule has 0 saturated carbocycles. The summed E-state index contributed by atoms with van der Waals surface area (Å²) in [6.45, 7) is 0.333. The van der Waals surface area contributed by atoms with Gasteiger partial charge >= 0.3 is 0 Å². The summed E-state index contributed by atoms with van der Waals surface area (Å²) >= 11 is 0. The standard InChI is InChI=1S/C11H12O2/c12-9-6-13-10-5-7-3-1-2-4-8(7)11(9)10/h2,4,10-11H,1,3,5-6H2. The van der Waals surface area contributed by atoms with Crippen LogP contribution in [0.15, 0.2) is 23.3 Å². The number of carbonyl (C=O) groups excluding carboxylic acids is 1. The number of allylic oxidation sites excluding steroid dienone is 2. The van der Waals surface area contributed by atoms with E-state index in [4.69, 9.17) is 4.74 Å². The van der Waals surface area contributed by atoms with Gasteiger partial charge in [0.1, 0.15) is 6.61 Å². The minimum absolute atomic E-state index is 0.0894. The highest BCUT2D eigenvalue weighted by molar-refractivity contribution is 5.89. The molecule has 1 aliphatic heterocycles. The predicted molar refractivity (Wildman–Crippen MR) is 48.3 cm³/mol. The summed E-state index contributed by atoms with van der Waals surface area (Å²) < 4.78 is 5.46. The number of ketones is 1. The van der Waals surface area contributed by atoms with Gasteiger partial charge in [0.25, 0.3) is 0 Å². The molecule has 0 N–H and O–H groups in total. The number of Topliss-reactive ketones (excluding diaryl/α,β-unsaturated/α-hetero) is 1. The van der Waals surface area contributed by atoms with E-state index in [0.29, 0.717) is 6.61 Å². The van der Waals surface area contributed by atoms with E-state index in [1.807, 2.05) is 0 Å². The Labute approximate surface area is 77.3 Å². The summed E-state index contributed by atoms with van der Waals surface area (Å²) in [5, 5.41) is 0. The van der Waals surface area contributed by atoms with Crippen molar-refractivity contribution in [1.82, 2.24) is 0 Å². The van der Waals surface area contributed by atoms with Gasteiger partial charge in [0.15, 0.2) is 5.78 Å². The first-order valence-corrected chi connectivity index (χ1v) is 4.89. The van der Waals surface area contributed by atoms with Gasteiger partial charge in [0.05, 0.1) is 12.0 Å². The zero-order valence-electron chi connectivity index (χ0n) is 7.45. The van der Waals surface area contributed by atoms with Crippen LogP contribution in [0.2, 0.25) is 0 Å². The number of rotatable bonds is 0. The van der Waals surface area contributed by atoms with E-state index in [2.05, 4.69) is 12.2 Å². The molecule has 1 fully saturated rings. The monoisotopic (exact) mass is 176 g/mol. The van der Waals surface area contributed by atoms with Crippen LogP contribution in [-0.4, -0.2) is 18.5 Å². The van der Waals surface area contributed by atoms with Crippen LogP contribution in [0.4, 0.5) is 0 Å². The molecular formula is C11H12O2. The first kappa shape index (κ1) is 7.51. The molecular weight excluding hydrogens is 164 g/mol. The smallest absolute Gasteiger partial charge is 0.168 e. The third-order valence-electron chi connectivity index (χ3n) is 3.26. The fourth-order valence-corrected chi connectivity index (χ4v) is 2.65. The van der Waals surface area contributed by atoms with E-state index in [1.165, 1.54) is 11.1 Å². The molecule has 1 heterocycles. The van der Waals surface area contributed by atoms with E-state index in [9.17, 15) is 4.79 Å². The normalized spacial score (nSPS) is 36.8. The number of fused-ring (bicyclic) bond motifs is 2. The lowest BCUT2D eigenvalue weighted by Crippen LogP contribution is -2.16. The maximum atomic E-state index is 11.5. The fourth-order valence-electron chi connectivity index (χ4n) is 2.65. The van der Waals surface area contributed by atoms with Crippen molar-refractivity contribution in [2.75, 3.05) is 6.61 Å². The lowest BCUT2D eigenvalue weighted by atomic mass is 9.93. The van der Waals surface area contributed by atoms with Crippen molar-refractivity contribution in [3.8, 4) is 0 Å². The maximum absolute atomic E-state index is 11.5. The highest BCUT2D eigenvalue weighted by Crippen LogP contribution is 2.42. The van der Waals surface area contributed by atoms with Gasteiger partial charge < -0.3 is 4.74 Å². The second kappa shape index (κ2) is 2.55. The van der Waals surface area contributed by atoms with Crippen molar-refractivity contribution < 1.29 is 9.53 Å². The van der Waals surface area contributed by atoms with Crippen LogP contribution in [0.25, 0.3) is 0 Å². The van der Waals surface area contributed by atoms with Crippen molar-refractivity contribution in [2.45, 2.75) is 25.4 Å². The molecule has 0 radical (unpaired) electrons. The maximum Gasteiger partial charge on any atom is 0.168 e. The Morgan fingerprint density at radius 3 is 3.31 bits per heavy atom. The molecule has 68 valence electrons. The van der Waals surface area contributed by atoms with Gasteiger partial charge in [-0.2, -0.15) is 0 Å². The molecule has 0 spiro atoms. The Morgan fingerprint density at radius 2 is 2.38 bits per heavy atom. The lowest BCUT2D eigenvalue weighted by molar-refractivity contribution is -0.119. The highest BCUT2D eigenvalue weighted by atomic mass is 16.5. The van der Waals surface area contributed by atoms with Crippen molar-refractivity contribution in [3.63, 3.8) is 0 Å². The molecule has 3 aliphatic rings. The molecule has 0 aromatic carbocycles. The Hall–Kier alpha value is -0.890. The molecule has 13 heavy (non-hydrogen) atoms. The highest BCUT2D eigenvalue weighted by Gasteiger charge is 2.43. The molecule has 0 aromatic rings. The van der Waals surface area contributed by atoms with Gasteiger partial charge in [-0.25, -0.2) is 0 Å². The average Bonchev–Trinajstić information content (AvgIpc) is 2.66. The summed E-state index contributed by atoms with van der Waals surface area (Å²) in [6.07, 6.45) is 7.75. The van der Waals surface area contributed by atoms with Crippen LogP contribution >= 0.6 is 0 Å². The zero-order chi connectivity index (χ0) is 8.84. The zero-order valence-corrected chi connectivity index (χ0v) is 7.45. The van der Waals surface area contributed by atoms with Gasteiger partial charge in [-0.05, 0) is 24.8 Å². The van der Waals surface area contributed by atoms with Crippen LogP contribution in [0, 0.1) is 5.92 Å². The first-order valence-electron chi connectivity index (χ1n) is 4.89. The molecule has 0 aromatic heterocycles. The molecule has 3 rings (SSSR count). The Balaban J connectivity index is 2.01. The largest absolute Gasteiger partial charge is 0.369 e. The molecule has 2 aliphatic carbocycles. The van der Waals surface area contributed by atoms with Crippen molar-refractivity contribution in [3.05, 3.63) is 23.3 Å². The van der Waals surface area contributed by atoms with Crippen molar-refractivity contribution >= 4 is 5.78 Å². The van der Waals surface area contributed by atoms with Crippen LogP contribution in [0.1, 0.15) is 19.3 Å². The predicted octanol–water partition coefficient (Wildman–Crippen LogP) is 1.62. The molecule has 2 unspecified atom stereocenters. The summed E-state index contributed by atoms with van der Waals surface area (Å²) in [7, 11) is 0. The van der Waals surface area contributed by atoms with E-state index >= 15 is 0 Å². The van der Waals surface area contributed by atoms with Crippen LogP contribution < -0.4 is 0 Å². The number of ether oxygens (including phenoxy) is 1. The summed E-state index contributed by atoms with van der Waals surface area (Å²) in [5.41, 5.74) is 2.74. The van der Waals surface area contributed by atoms with Crippen molar-refractivity contribution in [2.24, 2.45) is 5.92 Å². The number of carbonyl (C=O) groups is 1. The topological polar surface area (TPSA) is 26.3 Å². The number of hydrogen-bond donors (Lipinski definition) is 0. The summed E-state index contributed by atoms with van der Waals surface area (Å²) in [4.78, 5) is 11.5. The van der Waals surface area contributed by atoms with Gasteiger partial charge in [-0.15, -0.1) is 0 Å². The fraction of sp³-hybridized carbons (Fsp3) is 0.545. The summed E-state index contributed by atoms with van der Waals surface area (Å²) in [5.74, 6) is 0.369. The Kier molecular flexibility index (Phi) is 1.47. The SMILES string of the molecule is O=C1COC2CC3=C(C=CCC3)C12. The van der Waals surface area contributed by atoms with E-state index in [-0.39, 0.29) is 17.8 Å². The second-order valence-corrected chi connectivity index (χ2v) is 4.00. The molecule has 2 atom stereocenters. The molecule has 0 amide bonds. The van der Waals surface area contributed by atoms with E-state index < -0.39 is 0 Å². The molecule has 1 saturated heterocycles. The van der Waals surface area contributed by atoms with E-state index in [1.54, 1.807) is 0 Å². The first-order chi connectivity index (χ1) is 6.36. The van der Waals surface area contributed by atoms with Gasteiger partial charge in [0.2, 0.25) is 0 Å². The molecule has 2 nitrogen and oxygen atoms in total. The Morgan fingerprint density at radius 1 is 1.46 bits per heavy atom. The van der Waals surface area contributed by atoms with E-state index in [0.717, 1.165) is 19.3 Å². The van der Waals surface area contributed by atoms with Crippen LogP contribution in [0.5, 0.6) is 0 Å². The van der Waals surface area contributed by atoms with Gasteiger partial charge in [-0.1, -0.05) is 17.7 Å². The molecule has 2 heteroatoms. The van der Waals surface area contributed by atoms with Crippen LogP contribution in [-0.2, 0) is 9.53 Å². The second-order valence-electron chi connectivity index (χ2n) is 4.00. The summed E-state index contributed by atoms with van der Waals surface area (Å²) in [6, 6.07) is 0. The third kappa shape index (κ3) is 0.953. The molecule has 0 bridgehead atoms. The van der Waals surface area contributed by atoms with Crippen molar-refractivity contribution in [1.29, 1.82) is 0 Å². The lowest BCUT2D eigenvalue weighted by Gasteiger charge is -2.10. The third-order valence-corrected chi connectivity index (χ3v) is 3.26. The average molecular weight is 176 g/mol. The number of hydrogen-bond acceptors (Lipinski definition) is 2. The van der Waals surface area contributed by atoms with Gasteiger partial charge in [0, 0.05) is 0 Å². The van der Waals surface area contributed by atoms with Gasteiger partial charge in [-0.3, -0.25) is 4.79 Å². The Bertz CT molecular complexity index is 325.